The summed E-state index contributed by atoms with van der Waals surface area (Å²) >= 11 is 6.23. The van der Waals surface area contributed by atoms with Crippen LogP contribution in [0.15, 0.2) is 72.8 Å². The van der Waals surface area contributed by atoms with E-state index in [1.165, 1.54) is 28.9 Å². The summed E-state index contributed by atoms with van der Waals surface area (Å²) in [4.78, 5) is 26.0. The fourth-order valence-corrected chi connectivity index (χ4v) is 5.15. The molecule has 7 nitrogen and oxygen atoms in total. The molecule has 1 heterocycles. The number of phenolic OH excluding ortho intramolecular Hbond substituents is 1. The SMILES string of the molecule is O=C(Nc1ccc(O)c(-c2cc(C3CCCC3)n(C(=O)NCc3ccccc3Cl)n2)c1)c1cccc(C(F)(F)F)c1. The first-order valence-electron chi connectivity index (χ1n) is 13.0. The number of phenols is 1. The number of rotatable bonds is 6. The van der Waals surface area contributed by atoms with Crippen molar-refractivity contribution >= 4 is 29.2 Å². The highest BCUT2D eigenvalue weighted by atomic mass is 35.5. The van der Waals surface area contributed by atoms with Gasteiger partial charge in [-0.15, -0.1) is 0 Å². The third kappa shape index (κ3) is 6.38. The summed E-state index contributed by atoms with van der Waals surface area (Å²) in [6.07, 6.45) is -0.759. The van der Waals surface area contributed by atoms with Crippen LogP contribution in [0.25, 0.3) is 11.3 Å². The van der Waals surface area contributed by atoms with Crippen molar-refractivity contribution in [3.05, 3.63) is 100 Å². The molecule has 2 amide bonds. The molecule has 0 aliphatic heterocycles. The number of alkyl halides is 3. The lowest BCUT2D eigenvalue weighted by molar-refractivity contribution is -0.137. The Hall–Kier alpha value is -4.31. The van der Waals surface area contributed by atoms with Crippen LogP contribution in [-0.4, -0.2) is 26.8 Å². The molecule has 1 fully saturated rings. The molecule has 11 heteroatoms. The number of nitrogens with zero attached hydrogens (tertiary/aromatic N) is 2. The minimum absolute atomic E-state index is 0.105. The molecule has 41 heavy (non-hydrogen) atoms. The molecule has 1 aliphatic rings. The number of carbonyl (C=O) groups is 2. The van der Waals surface area contributed by atoms with E-state index in [4.69, 9.17) is 11.6 Å². The monoisotopic (exact) mass is 582 g/mol. The largest absolute Gasteiger partial charge is 0.507 e. The Bertz CT molecular complexity index is 1600. The van der Waals surface area contributed by atoms with Crippen LogP contribution in [0.5, 0.6) is 5.75 Å². The van der Waals surface area contributed by atoms with Crippen LogP contribution in [0, 0.1) is 0 Å². The van der Waals surface area contributed by atoms with Gasteiger partial charge in [0.1, 0.15) is 5.75 Å². The van der Waals surface area contributed by atoms with Gasteiger partial charge in [0.05, 0.1) is 17.0 Å². The van der Waals surface area contributed by atoms with Crippen LogP contribution in [0.3, 0.4) is 0 Å². The lowest BCUT2D eigenvalue weighted by Crippen LogP contribution is -2.30. The summed E-state index contributed by atoms with van der Waals surface area (Å²) in [6.45, 7) is 0.195. The summed E-state index contributed by atoms with van der Waals surface area (Å²) in [5, 5.41) is 21.1. The number of carbonyl (C=O) groups excluding carboxylic acids is 2. The van der Waals surface area contributed by atoms with Crippen molar-refractivity contribution in [3.63, 3.8) is 0 Å². The molecule has 0 spiro atoms. The number of aromatic nitrogens is 2. The standard InChI is InChI=1S/C30H26ClF3N4O3/c31-24-11-4-3-8-20(24)17-35-29(41)38-26(18-6-1-2-7-18)16-25(37-38)23-15-22(12-13-27(23)39)36-28(40)19-9-5-10-21(14-19)30(32,33)34/h3-5,8-16,18,39H,1-2,6-7,17H2,(H,35,41)(H,36,40). The van der Waals surface area contributed by atoms with Crippen LogP contribution in [-0.2, 0) is 12.7 Å². The van der Waals surface area contributed by atoms with Crippen molar-refractivity contribution in [3.8, 4) is 17.0 Å². The summed E-state index contributed by atoms with van der Waals surface area (Å²) in [5.41, 5.74) is 1.15. The normalized spacial score (nSPS) is 13.8. The Kier molecular flexibility index (Phi) is 8.03. The lowest BCUT2D eigenvalue weighted by atomic mass is 10.0. The molecule has 1 aromatic heterocycles. The number of aromatic hydroxyl groups is 1. The first-order valence-corrected chi connectivity index (χ1v) is 13.4. The highest BCUT2D eigenvalue weighted by Gasteiger charge is 2.31. The fraction of sp³-hybridized carbons (Fsp3) is 0.233. The first kappa shape index (κ1) is 28.2. The van der Waals surface area contributed by atoms with Gasteiger partial charge in [-0.25, -0.2) is 4.79 Å². The van der Waals surface area contributed by atoms with Crippen LogP contribution in [0.1, 0.15) is 58.8 Å². The predicted octanol–water partition coefficient (Wildman–Crippen LogP) is 7.60. The van der Waals surface area contributed by atoms with Crippen molar-refractivity contribution in [2.24, 2.45) is 0 Å². The predicted molar refractivity (Wildman–Crippen MR) is 149 cm³/mol. The Morgan fingerprint density at radius 1 is 1.00 bits per heavy atom. The van der Waals surface area contributed by atoms with Crippen LogP contribution in [0.2, 0.25) is 5.02 Å². The smallest absolute Gasteiger partial charge is 0.416 e. The molecule has 3 N–H and O–H groups in total. The minimum Gasteiger partial charge on any atom is -0.507 e. The molecular formula is C30H26ClF3N4O3. The molecular weight excluding hydrogens is 557 g/mol. The second kappa shape index (κ2) is 11.7. The summed E-state index contributed by atoms with van der Waals surface area (Å²) < 4.78 is 40.6. The molecule has 1 aliphatic carbocycles. The van der Waals surface area contributed by atoms with E-state index in [0.717, 1.165) is 49.4 Å². The molecule has 0 radical (unpaired) electrons. The van der Waals surface area contributed by atoms with Gasteiger partial charge in [-0.05, 0) is 66.9 Å². The summed E-state index contributed by atoms with van der Waals surface area (Å²) in [5.74, 6) is -0.779. The average Bonchev–Trinajstić information content (AvgIpc) is 3.64. The van der Waals surface area contributed by atoms with Gasteiger partial charge in [-0.1, -0.05) is 48.7 Å². The Morgan fingerprint density at radius 3 is 2.49 bits per heavy atom. The number of hydrogen-bond donors (Lipinski definition) is 3. The van der Waals surface area contributed by atoms with Crippen LogP contribution >= 0.6 is 11.6 Å². The fourth-order valence-electron chi connectivity index (χ4n) is 4.95. The van der Waals surface area contributed by atoms with E-state index in [2.05, 4.69) is 15.7 Å². The quantitative estimate of drug-likeness (QED) is 0.204. The third-order valence-electron chi connectivity index (χ3n) is 7.07. The number of halogens is 4. The first-order chi connectivity index (χ1) is 19.6. The summed E-state index contributed by atoms with van der Waals surface area (Å²) in [6, 6.07) is 16.8. The molecule has 4 aromatic rings. The highest BCUT2D eigenvalue weighted by Crippen LogP contribution is 2.38. The average molecular weight is 583 g/mol. The van der Waals surface area contributed by atoms with E-state index in [-0.39, 0.29) is 35.0 Å². The van der Waals surface area contributed by atoms with Crippen molar-refractivity contribution in [1.29, 1.82) is 0 Å². The van der Waals surface area contributed by atoms with Gasteiger partial charge < -0.3 is 15.7 Å². The van der Waals surface area contributed by atoms with Crippen molar-refractivity contribution < 1.29 is 27.9 Å². The van der Waals surface area contributed by atoms with E-state index in [0.29, 0.717) is 16.4 Å². The van der Waals surface area contributed by atoms with Gasteiger partial charge in [-0.3, -0.25) is 4.79 Å². The Morgan fingerprint density at radius 2 is 1.76 bits per heavy atom. The van der Waals surface area contributed by atoms with Gasteiger partial charge in [-0.2, -0.15) is 23.0 Å². The molecule has 0 atom stereocenters. The molecule has 0 unspecified atom stereocenters. The van der Waals surface area contributed by atoms with Crippen LogP contribution in [0.4, 0.5) is 23.7 Å². The van der Waals surface area contributed by atoms with Crippen LogP contribution < -0.4 is 10.6 Å². The molecule has 3 aromatic carbocycles. The van der Waals surface area contributed by atoms with E-state index < -0.39 is 23.7 Å². The van der Waals surface area contributed by atoms with Gasteiger partial charge in [0.25, 0.3) is 5.91 Å². The zero-order valence-corrected chi connectivity index (χ0v) is 22.5. The number of nitrogens with one attached hydrogen (secondary N) is 2. The minimum atomic E-state index is -4.59. The molecule has 1 saturated carbocycles. The van der Waals surface area contributed by atoms with Gasteiger partial charge in [0, 0.05) is 34.3 Å². The Balaban J connectivity index is 1.42. The second-order valence-corrected chi connectivity index (χ2v) is 10.3. The molecule has 0 bridgehead atoms. The molecule has 0 saturated heterocycles. The zero-order valence-electron chi connectivity index (χ0n) is 21.7. The van der Waals surface area contributed by atoms with Gasteiger partial charge in [0.15, 0.2) is 0 Å². The van der Waals surface area contributed by atoms with Crippen molar-refractivity contribution in [2.45, 2.75) is 44.3 Å². The number of anilines is 1. The van der Waals surface area contributed by atoms with E-state index in [1.807, 2.05) is 12.1 Å². The van der Waals surface area contributed by atoms with Crippen molar-refractivity contribution in [2.75, 3.05) is 5.32 Å². The summed E-state index contributed by atoms with van der Waals surface area (Å²) in [7, 11) is 0. The number of benzene rings is 3. The lowest BCUT2D eigenvalue weighted by Gasteiger charge is -2.12. The second-order valence-electron chi connectivity index (χ2n) is 9.86. The third-order valence-corrected chi connectivity index (χ3v) is 7.44. The van der Waals surface area contributed by atoms with E-state index >= 15 is 0 Å². The Labute approximate surface area is 239 Å². The van der Waals surface area contributed by atoms with Gasteiger partial charge in [0.2, 0.25) is 0 Å². The number of hydrogen-bond acceptors (Lipinski definition) is 4. The van der Waals surface area contributed by atoms with Gasteiger partial charge >= 0.3 is 12.2 Å². The molecule has 5 rings (SSSR count). The maximum Gasteiger partial charge on any atom is 0.416 e. The maximum atomic E-state index is 13.3. The van der Waals surface area contributed by atoms with E-state index in [1.54, 1.807) is 18.2 Å². The highest BCUT2D eigenvalue weighted by molar-refractivity contribution is 6.31. The molecule has 212 valence electrons. The van der Waals surface area contributed by atoms with Crippen molar-refractivity contribution in [1.82, 2.24) is 15.1 Å². The number of amides is 2. The zero-order chi connectivity index (χ0) is 29.1. The van der Waals surface area contributed by atoms with E-state index in [9.17, 15) is 27.9 Å². The topological polar surface area (TPSA) is 96.2 Å². The maximum absolute atomic E-state index is 13.3.